The molecule has 8 heteroatoms. The standard InChI is InChI=1S/C21H21Cl2N3OS.C2H6O/c22-17-6-5-16(14-18(17)23)26-11-12-28-20(21(26)27)13-15-3-1-2-4-19(15)25-9-7-24-8-10-25;1-3-2/h1-6,13-14,24H,7-12H2;1-2H3/b20-13-;. The number of halogens is 2. The Balaban J connectivity index is 0.000000858. The number of carbonyl (C=O) groups is 1. The molecular formula is C23H27Cl2N3O2S. The number of benzene rings is 2. The first-order chi connectivity index (χ1) is 15.0. The molecule has 0 radical (unpaired) electrons. The van der Waals surface area contributed by atoms with Crippen LogP contribution in [0.4, 0.5) is 11.4 Å². The summed E-state index contributed by atoms with van der Waals surface area (Å²) in [6.45, 7) is 4.54. The Labute approximate surface area is 198 Å². The van der Waals surface area contributed by atoms with Crippen LogP contribution < -0.4 is 15.1 Å². The molecule has 0 spiro atoms. The van der Waals surface area contributed by atoms with Gasteiger partial charge in [0.05, 0.1) is 15.0 Å². The summed E-state index contributed by atoms with van der Waals surface area (Å²) in [4.78, 5) is 18.0. The molecule has 2 saturated heterocycles. The van der Waals surface area contributed by atoms with Gasteiger partial charge >= 0.3 is 0 Å². The monoisotopic (exact) mass is 479 g/mol. The van der Waals surface area contributed by atoms with Crippen molar-refractivity contribution in [3.8, 4) is 0 Å². The molecule has 2 aliphatic rings. The van der Waals surface area contributed by atoms with Crippen LogP contribution in [0.3, 0.4) is 0 Å². The van der Waals surface area contributed by atoms with Gasteiger partial charge in [0.15, 0.2) is 0 Å². The number of hydrogen-bond donors (Lipinski definition) is 1. The van der Waals surface area contributed by atoms with E-state index in [1.807, 2.05) is 18.2 Å². The van der Waals surface area contributed by atoms with Gasteiger partial charge in [0.25, 0.3) is 5.91 Å². The lowest BCUT2D eigenvalue weighted by molar-refractivity contribution is -0.114. The minimum absolute atomic E-state index is 0.00440. The largest absolute Gasteiger partial charge is 0.388 e. The molecule has 1 N–H and O–H groups in total. The van der Waals surface area contributed by atoms with E-state index >= 15 is 0 Å². The van der Waals surface area contributed by atoms with Gasteiger partial charge in [-0.25, -0.2) is 0 Å². The second kappa shape index (κ2) is 11.8. The SMILES string of the molecule is COC.O=C1/C(=C/c2ccccc2N2CCNCC2)SCCN1c1ccc(Cl)c(Cl)c1. The van der Waals surface area contributed by atoms with Gasteiger partial charge < -0.3 is 19.9 Å². The Morgan fingerprint density at radius 3 is 2.45 bits per heavy atom. The van der Waals surface area contributed by atoms with E-state index < -0.39 is 0 Å². The van der Waals surface area contributed by atoms with Crippen LogP contribution in [0, 0.1) is 0 Å². The van der Waals surface area contributed by atoms with E-state index in [9.17, 15) is 4.79 Å². The molecule has 2 aromatic carbocycles. The Bertz CT molecular complexity index is 933. The molecule has 2 heterocycles. The molecule has 4 rings (SSSR count). The number of nitrogens with zero attached hydrogens (tertiary/aromatic N) is 2. The Hall–Kier alpha value is -1.70. The molecule has 0 bridgehead atoms. The zero-order valence-electron chi connectivity index (χ0n) is 17.7. The summed E-state index contributed by atoms with van der Waals surface area (Å²) in [5, 5.41) is 4.33. The fourth-order valence-corrected chi connectivity index (χ4v) is 4.72. The number of ether oxygens (including phenoxy) is 1. The van der Waals surface area contributed by atoms with Crippen molar-refractivity contribution in [2.24, 2.45) is 0 Å². The van der Waals surface area contributed by atoms with Crippen molar-refractivity contribution in [2.45, 2.75) is 0 Å². The lowest BCUT2D eigenvalue weighted by Crippen LogP contribution is -2.43. The van der Waals surface area contributed by atoms with Crippen molar-refractivity contribution in [2.75, 3.05) is 62.5 Å². The number of piperazine rings is 1. The first-order valence-electron chi connectivity index (χ1n) is 10.1. The fraction of sp³-hybridized carbons (Fsp3) is 0.348. The van der Waals surface area contributed by atoms with Gasteiger partial charge in [0.1, 0.15) is 0 Å². The average Bonchev–Trinajstić information content (AvgIpc) is 2.79. The third-order valence-electron chi connectivity index (χ3n) is 4.92. The van der Waals surface area contributed by atoms with Crippen molar-refractivity contribution in [3.05, 3.63) is 63.0 Å². The number of carbonyl (C=O) groups excluding carboxylic acids is 1. The minimum Gasteiger partial charge on any atom is -0.388 e. The molecule has 5 nitrogen and oxygen atoms in total. The highest BCUT2D eigenvalue weighted by atomic mass is 35.5. The van der Waals surface area contributed by atoms with Crippen LogP contribution in [-0.4, -0.2) is 58.6 Å². The van der Waals surface area contributed by atoms with E-state index in [1.54, 1.807) is 43.0 Å². The van der Waals surface area contributed by atoms with E-state index in [2.05, 4.69) is 33.2 Å². The highest BCUT2D eigenvalue weighted by Crippen LogP contribution is 2.34. The zero-order chi connectivity index (χ0) is 22.2. The topological polar surface area (TPSA) is 44.8 Å². The normalized spacial score (nSPS) is 18.1. The summed E-state index contributed by atoms with van der Waals surface area (Å²) in [6.07, 6.45) is 2.02. The summed E-state index contributed by atoms with van der Waals surface area (Å²) in [5.74, 6) is 0.845. The number of amides is 1. The number of thioether (sulfide) groups is 1. The van der Waals surface area contributed by atoms with Gasteiger partial charge in [-0.2, -0.15) is 0 Å². The summed E-state index contributed by atoms with van der Waals surface area (Å²) in [5.41, 5.74) is 3.04. The number of anilines is 2. The van der Waals surface area contributed by atoms with Crippen LogP contribution in [0.15, 0.2) is 47.4 Å². The zero-order valence-corrected chi connectivity index (χ0v) is 20.1. The van der Waals surface area contributed by atoms with E-state index in [-0.39, 0.29) is 5.91 Å². The van der Waals surface area contributed by atoms with Crippen LogP contribution >= 0.6 is 35.0 Å². The smallest absolute Gasteiger partial charge is 0.264 e. The molecule has 0 unspecified atom stereocenters. The van der Waals surface area contributed by atoms with Crippen molar-refractivity contribution >= 4 is 58.3 Å². The Morgan fingerprint density at radius 2 is 1.74 bits per heavy atom. The van der Waals surface area contributed by atoms with Crippen molar-refractivity contribution < 1.29 is 9.53 Å². The Kier molecular flexibility index (Phi) is 9.11. The maximum atomic E-state index is 13.2. The van der Waals surface area contributed by atoms with Gasteiger partial charge in [0, 0.05) is 64.1 Å². The maximum absolute atomic E-state index is 13.2. The van der Waals surface area contributed by atoms with Gasteiger partial charge in [-0.1, -0.05) is 41.4 Å². The first kappa shape index (κ1) is 24.0. The molecule has 2 aromatic rings. The summed E-state index contributed by atoms with van der Waals surface area (Å²) in [7, 11) is 3.25. The highest BCUT2D eigenvalue weighted by Gasteiger charge is 2.26. The number of rotatable bonds is 3. The van der Waals surface area contributed by atoms with E-state index in [1.165, 1.54) is 5.69 Å². The average molecular weight is 480 g/mol. The van der Waals surface area contributed by atoms with E-state index in [4.69, 9.17) is 23.2 Å². The minimum atomic E-state index is 0.00440. The molecule has 2 aliphatic heterocycles. The number of methoxy groups -OCH3 is 1. The highest BCUT2D eigenvalue weighted by molar-refractivity contribution is 8.04. The fourth-order valence-electron chi connectivity index (χ4n) is 3.49. The molecule has 166 valence electrons. The number of hydrogen-bond acceptors (Lipinski definition) is 5. The van der Waals surface area contributed by atoms with Crippen LogP contribution in [0.2, 0.25) is 10.0 Å². The van der Waals surface area contributed by atoms with Gasteiger partial charge in [-0.05, 0) is 35.9 Å². The summed E-state index contributed by atoms with van der Waals surface area (Å²) >= 11 is 13.8. The van der Waals surface area contributed by atoms with Crippen LogP contribution in [-0.2, 0) is 9.53 Å². The Morgan fingerprint density at radius 1 is 1.03 bits per heavy atom. The second-order valence-electron chi connectivity index (χ2n) is 7.12. The van der Waals surface area contributed by atoms with E-state index in [0.717, 1.165) is 48.1 Å². The molecule has 31 heavy (non-hydrogen) atoms. The molecule has 0 aliphatic carbocycles. The van der Waals surface area contributed by atoms with Gasteiger partial charge in [-0.3, -0.25) is 4.79 Å². The van der Waals surface area contributed by atoms with Crippen LogP contribution in [0.25, 0.3) is 6.08 Å². The quantitative estimate of drug-likeness (QED) is 0.641. The lowest BCUT2D eigenvalue weighted by atomic mass is 10.1. The molecule has 0 saturated carbocycles. The van der Waals surface area contributed by atoms with Crippen molar-refractivity contribution in [3.63, 3.8) is 0 Å². The number of nitrogens with one attached hydrogen (secondary N) is 1. The molecule has 0 aromatic heterocycles. The van der Waals surface area contributed by atoms with Gasteiger partial charge in [0.2, 0.25) is 0 Å². The second-order valence-corrected chi connectivity index (χ2v) is 9.07. The molecule has 0 atom stereocenters. The predicted octanol–water partition coefficient (Wildman–Crippen LogP) is 4.79. The third kappa shape index (κ3) is 6.18. The molecule has 2 fully saturated rings. The van der Waals surface area contributed by atoms with Crippen molar-refractivity contribution in [1.29, 1.82) is 0 Å². The third-order valence-corrected chi connectivity index (χ3v) is 6.65. The predicted molar refractivity (Wildman–Crippen MR) is 134 cm³/mol. The first-order valence-corrected chi connectivity index (χ1v) is 11.9. The van der Waals surface area contributed by atoms with Gasteiger partial charge in [-0.15, -0.1) is 11.8 Å². The summed E-state index contributed by atoms with van der Waals surface area (Å²) < 4.78 is 4.25. The number of para-hydroxylation sites is 1. The molecule has 1 amide bonds. The lowest BCUT2D eigenvalue weighted by Gasteiger charge is -2.31. The van der Waals surface area contributed by atoms with Crippen LogP contribution in [0.1, 0.15) is 5.56 Å². The van der Waals surface area contributed by atoms with Crippen LogP contribution in [0.5, 0.6) is 0 Å². The maximum Gasteiger partial charge on any atom is 0.264 e. The summed E-state index contributed by atoms with van der Waals surface area (Å²) in [6, 6.07) is 13.6. The molecular weight excluding hydrogens is 453 g/mol. The van der Waals surface area contributed by atoms with E-state index in [0.29, 0.717) is 16.6 Å². The van der Waals surface area contributed by atoms with Crippen molar-refractivity contribution in [1.82, 2.24) is 5.32 Å².